The molecule has 2 aromatic heterocycles. The number of carbonyl (C=O) groups excluding carboxylic acids is 1. The molecule has 3 heterocycles. The number of non-ortho nitro benzene ring substituents is 1. The SMILES string of the molecule is CC(C)(C)OC(=O)n1cc(-c2cc3c(cnn3C3CCCCO3)cc2Oc2ccc([N+](=O)[O-])cc2F)cn1. The number of rotatable bonds is 5. The Morgan fingerprint density at radius 2 is 1.97 bits per heavy atom. The van der Waals surface area contributed by atoms with Crippen LogP contribution in [0.3, 0.4) is 0 Å². The summed E-state index contributed by atoms with van der Waals surface area (Å²) in [6, 6.07) is 6.67. The predicted molar refractivity (Wildman–Crippen MR) is 135 cm³/mol. The average Bonchev–Trinajstić information content (AvgIpc) is 3.51. The number of nitro groups is 1. The van der Waals surface area contributed by atoms with E-state index in [0.29, 0.717) is 17.7 Å². The molecule has 1 saturated heterocycles. The Bertz CT molecular complexity index is 1520. The minimum Gasteiger partial charge on any atom is -0.454 e. The number of fused-ring (bicyclic) bond motifs is 1. The number of nitro benzene ring substituents is 1. The highest BCUT2D eigenvalue weighted by Crippen LogP contribution is 2.39. The van der Waals surface area contributed by atoms with E-state index >= 15 is 0 Å². The van der Waals surface area contributed by atoms with Crippen molar-refractivity contribution >= 4 is 22.7 Å². The van der Waals surface area contributed by atoms with Crippen LogP contribution < -0.4 is 4.74 Å². The Morgan fingerprint density at radius 1 is 1.16 bits per heavy atom. The topological polar surface area (TPSA) is 124 Å². The van der Waals surface area contributed by atoms with Gasteiger partial charge in [0.2, 0.25) is 0 Å². The Labute approximate surface area is 216 Å². The van der Waals surface area contributed by atoms with E-state index in [-0.39, 0.29) is 17.7 Å². The molecule has 2 aromatic carbocycles. The standard InChI is InChI=1S/C26H26FN5O6/c1-26(2,3)38-25(33)30-15-17(14-28-30)19-12-21-16(13-29-31(21)24-6-4-5-9-36-24)10-23(19)37-22-8-7-18(32(34)35)11-20(22)27/h7-8,10-15,24H,4-6,9H2,1-3H3. The van der Waals surface area contributed by atoms with Crippen molar-refractivity contribution in [3.63, 3.8) is 0 Å². The molecule has 11 nitrogen and oxygen atoms in total. The summed E-state index contributed by atoms with van der Waals surface area (Å²) >= 11 is 0. The van der Waals surface area contributed by atoms with Crippen LogP contribution in [0.15, 0.2) is 48.9 Å². The summed E-state index contributed by atoms with van der Waals surface area (Å²) in [7, 11) is 0. The van der Waals surface area contributed by atoms with Crippen molar-refractivity contribution < 1.29 is 28.3 Å². The molecule has 0 N–H and O–H groups in total. The third-order valence-corrected chi connectivity index (χ3v) is 5.95. The van der Waals surface area contributed by atoms with E-state index in [1.165, 1.54) is 18.5 Å². The highest BCUT2D eigenvalue weighted by molar-refractivity contribution is 5.89. The molecule has 0 aliphatic carbocycles. The zero-order chi connectivity index (χ0) is 27.0. The molecule has 1 aliphatic heterocycles. The maximum Gasteiger partial charge on any atom is 0.435 e. The largest absolute Gasteiger partial charge is 0.454 e. The maximum absolute atomic E-state index is 14.7. The van der Waals surface area contributed by atoms with E-state index in [2.05, 4.69) is 10.2 Å². The van der Waals surface area contributed by atoms with Crippen LogP contribution in [0.1, 0.15) is 46.3 Å². The van der Waals surface area contributed by atoms with Gasteiger partial charge in [-0.1, -0.05) is 0 Å². The van der Waals surface area contributed by atoms with Gasteiger partial charge in [0.25, 0.3) is 5.69 Å². The van der Waals surface area contributed by atoms with Gasteiger partial charge in [-0.2, -0.15) is 14.9 Å². The van der Waals surface area contributed by atoms with E-state index in [9.17, 15) is 19.3 Å². The maximum atomic E-state index is 14.7. The lowest BCUT2D eigenvalue weighted by atomic mass is 10.1. The first-order valence-electron chi connectivity index (χ1n) is 12.1. The van der Waals surface area contributed by atoms with E-state index < -0.39 is 28.1 Å². The van der Waals surface area contributed by atoms with E-state index in [1.807, 2.05) is 6.07 Å². The number of ether oxygens (including phenoxy) is 3. The fourth-order valence-corrected chi connectivity index (χ4v) is 4.20. The van der Waals surface area contributed by atoms with Gasteiger partial charge in [-0.25, -0.2) is 13.9 Å². The summed E-state index contributed by atoms with van der Waals surface area (Å²) in [5.41, 5.74) is 0.664. The fourth-order valence-electron chi connectivity index (χ4n) is 4.20. The van der Waals surface area contributed by atoms with Crippen LogP contribution in [0.2, 0.25) is 0 Å². The first-order chi connectivity index (χ1) is 18.1. The van der Waals surface area contributed by atoms with Gasteiger partial charge in [-0.3, -0.25) is 10.1 Å². The highest BCUT2D eigenvalue weighted by Gasteiger charge is 2.23. The lowest BCUT2D eigenvalue weighted by molar-refractivity contribution is -0.385. The molecule has 0 spiro atoms. The molecular weight excluding hydrogens is 497 g/mol. The van der Waals surface area contributed by atoms with Crippen LogP contribution in [0.25, 0.3) is 22.0 Å². The van der Waals surface area contributed by atoms with Crippen LogP contribution in [0.5, 0.6) is 11.5 Å². The summed E-state index contributed by atoms with van der Waals surface area (Å²) < 4.78 is 34.8. The number of hydrogen-bond donors (Lipinski definition) is 0. The van der Waals surface area contributed by atoms with E-state index in [1.54, 1.807) is 37.7 Å². The van der Waals surface area contributed by atoms with Crippen molar-refractivity contribution in [2.24, 2.45) is 0 Å². The smallest absolute Gasteiger partial charge is 0.435 e. The number of hydrogen-bond acceptors (Lipinski definition) is 8. The molecule has 4 aromatic rings. The molecule has 1 fully saturated rings. The Morgan fingerprint density at radius 3 is 2.66 bits per heavy atom. The second-order valence-electron chi connectivity index (χ2n) is 9.95. The Kier molecular flexibility index (Phi) is 6.57. The molecule has 5 rings (SSSR count). The van der Waals surface area contributed by atoms with Crippen molar-refractivity contribution in [2.45, 2.75) is 51.9 Å². The fraction of sp³-hybridized carbons (Fsp3) is 0.346. The van der Waals surface area contributed by atoms with Crippen molar-refractivity contribution in [2.75, 3.05) is 6.61 Å². The quantitative estimate of drug-likeness (QED) is 0.223. The second kappa shape index (κ2) is 9.86. The molecule has 0 saturated carbocycles. The van der Waals surface area contributed by atoms with Gasteiger partial charge in [0.15, 0.2) is 17.8 Å². The lowest BCUT2D eigenvalue weighted by Gasteiger charge is -2.23. The second-order valence-corrected chi connectivity index (χ2v) is 9.95. The van der Waals surface area contributed by atoms with Gasteiger partial charge in [-0.15, -0.1) is 0 Å². The number of aromatic nitrogens is 4. The van der Waals surface area contributed by atoms with E-state index in [4.69, 9.17) is 14.2 Å². The van der Waals surface area contributed by atoms with Crippen molar-refractivity contribution in [3.8, 4) is 22.6 Å². The number of nitrogens with zero attached hydrogens (tertiary/aromatic N) is 5. The van der Waals surface area contributed by atoms with Gasteiger partial charge in [0.05, 0.1) is 28.9 Å². The molecular formula is C26H26FN5O6. The van der Waals surface area contributed by atoms with Gasteiger partial charge in [0.1, 0.15) is 11.4 Å². The lowest BCUT2D eigenvalue weighted by Crippen LogP contribution is -2.27. The molecule has 0 bridgehead atoms. The molecule has 0 radical (unpaired) electrons. The highest BCUT2D eigenvalue weighted by atomic mass is 19.1. The number of benzene rings is 2. The van der Waals surface area contributed by atoms with E-state index in [0.717, 1.165) is 47.0 Å². The van der Waals surface area contributed by atoms with Crippen molar-refractivity contribution in [3.05, 3.63) is 64.9 Å². The first-order valence-corrected chi connectivity index (χ1v) is 12.1. The molecule has 1 aliphatic rings. The van der Waals surface area contributed by atoms with Crippen LogP contribution in [-0.4, -0.2) is 42.8 Å². The van der Waals surface area contributed by atoms with Gasteiger partial charge >= 0.3 is 6.09 Å². The molecule has 1 unspecified atom stereocenters. The van der Waals surface area contributed by atoms with Gasteiger partial charge in [-0.05, 0) is 58.2 Å². The predicted octanol–water partition coefficient (Wildman–Crippen LogP) is 6.22. The molecule has 38 heavy (non-hydrogen) atoms. The average molecular weight is 524 g/mol. The molecule has 0 amide bonds. The number of halogens is 1. The van der Waals surface area contributed by atoms with Gasteiger partial charge in [0, 0.05) is 35.4 Å². The van der Waals surface area contributed by atoms with Crippen LogP contribution >= 0.6 is 0 Å². The minimum absolute atomic E-state index is 0.196. The van der Waals surface area contributed by atoms with Crippen LogP contribution in [0, 0.1) is 15.9 Å². The van der Waals surface area contributed by atoms with Gasteiger partial charge < -0.3 is 14.2 Å². The van der Waals surface area contributed by atoms with Crippen molar-refractivity contribution in [1.29, 1.82) is 0 Å². The Hall–Kier alpha value is -4.32. The third kappa shape index (κ3) is 5.21. The number of carbonyl (C=O) groups is 1. The summed E-state index contributed by atoms with van der Waals surface area (Å²) in [4.78, 5) is 22.9. The summed E-state index contributed by atoms with van der Waals surface area (Å²) in [5.74, 6) is -0.835. The van der Waals surface area contributed by atoms with Crippen LogP contribution in [0.4, 0.5) is 14.9 Å². The Balaban J connectivity index is 1.58. The molecule has 1 atom stereocenters. The summed E-state index contributed by atoms with van der Waals surface area (Å²) in [6.45, 7) is 5.90. The van der Waals surface area contributed by atoms with Crippen molar-refractivity contribution in [1.82, 2.24) is 19.6 Å². The molecule has 198 valence electrons. The summed E-state index contributed by atoms with van der Waals surface area (Å²) in [5, 5.41) is 20.4. The third-order valence-electron chi connectivity index (χ3n) is 5.95. The minimum atomic E-state index is -0.888. The first kappa shape index (κ1) is 25.3. The normalized spacial score (nSPS) is 15.9. The zero-order valence-corrected chi connectivity index (χ0v) is 21.1. The molecule has 12 heteroatoms. The monoisotopic (exact) mass is 523 g/mol. The zero-order valence-electron chi connectivity index (χ0n) is 21.1. The van der Waals surface area contributed by atoms with Crippen LogP contribution in [-0.2, 0) is 9.47 Å². The summed E-state index contributed by atoms with van der Waals surface area (Å²) in [6.07, 6.45) is 6.57.